The number of hydrogen-bond acceptors (Lipinski definition) is 11. The van der Waals surface area contributed by atoms with Crippen LogP contribution in [0.25, 0.3) is 22.6 Å². The average molecular weight is 696 g/mol. The van der Waals surface area contributed by atoms with E-state index in [4.69, 9.17) is 21.7 Å². The topological polar surface area (TPSA) is 150 Å². The summed E-state index contributed by atoms with van der Waals surface area (Å²) in [5.41, 5.74) is 6.70. The van der Waals surface area contributed by atoms with Crippen molar-refractivity contribution in [2.45, 2.75) is 27.2 Å². The highest BCUT2D eigenvalue weighted by Gasteiger charge is 2.35. The van der Waals surface area contributed by atoms with Gasteiger partial charge in [0.25, 0.3) is 5.91 Å². The first-order chi connectivity index (χ1) is 24.1. The van der Waals surface area contributed by atoms with Crippen LogP contribution in [0.5, 0.6) is 5.75 Å². The van der Waals surface area contributed by atoms with Gasteiger partial charge in [0.15, 0.2) is 17.3 Å². The summed E-state index contributed by atoms with van der Waals surface area (Å²) in [4.78, 5) is 47.5. The minimum absolute atomic E-state index is 0.00236. The van der Waals surface area contributed by atoms with Crippen LogP contribution in [0.2, 0.25) is 5.02 Å². The number of aromatic nitrogens is 7. The smallest absolute Gasteiger partial charge is 0.276 e. The summed E-state index contributed by atoms with van der Waals surface area (Å²) >= 11 is 5.87. The molecule has 0 radical (unpaired) electrons. The molecule has 1 fully saturated rings. The molecule has 6 heterocycles. The largest absolute Gasteiger partial charge is 0.504 e. The van der Waals surface area contributed by atoms with Crippen LogP contribution in [0.15, 0.2) is 73.4 Å². The number of carbonyl (C=O) groups excluding carboxylic acids is 2. The number of halogens is 1. The van der Waals surface area contributed by atoms with E-state index in [1.807, 2.05) is 66.7 Å². The molecular formula is C35H38ClN11O3. The molecule has 2 aliphatic heterocycles. The van der Waals surface area contributed by atoms with Gasteiger partial charge in [0, 0.05) is 50.7 Å². The van der Waals surface area contributed by atoms with Gasteiger partial charge in [-0.3, -0.25) is 4.79 Å². The number of amides is 1. The first-order valence-electron chi connectivity index (χ1n) is 16.2. The van der Waals surface area contributed by atoms with Crippen molar-refractivity contribution in [2.75, 3.05) is 50.0 Å². The molecule has 0 saturated carbocycles. The molecule has 2 aliphatic rings. The Bertz CT molecular complexity index is 2110. The lowest BCUT2D eigenvalue weighted by atomic mass is 10.1. The number of aldehydes is 1. The second-order valence-electron chi connectivity index (χ2n) is 11.8. The van der Waals surface area contributed by atoms with E-state index in [1.165, 1.54) is 11.9 Å². The summed E-state index contributed by atoms with van der Waals surface area (Å²) in [6, 6.07) is 9.82. The molecule has 0 bridgehead atoms. The first kappa shape index (κ1) is 34.1. The Morgan fingerprint density at radius 3 is 2.60 bits per heavy atom. The van der Waals surface area contributed by atoms with Crippen molar-refractivity contribution in [3.63, 3.8) is 0 Å². The number of carbonyl (C=O) groups is 2. The Balaban J connectivity index is 0.000000373. The van der Waals surface area contributed by atoms with Crippen molar-refractivity contribution in [1.29, 1.82) is 0 Å². The molecule has 14 nitrogen and oxygen atoms in total. The molecule has 0 aliphatic carbocycles. The summed E-state index contributed by atoms with van der Waals surface area (Å²) in [6.07, 6.45) is 8.17. The predicted molar refractivity (Wildman–Crippen MR) is 192 cm³/mol. The fourth-order valence-corrected chi connectivity index (χ4v) is 6.40. The number of nitrogens with zero attached hydrogens (tertiary/aromatic N) is 10. The number of nitrogens with one attached hydrogen (secondary N) is 1. The fraction of sp³-hybridized carbons (Fsp3) is 0.286. The molecule has 1 amide bonds. The number of benzene rings is 1. The van der Waals surface area contributed by atoms with Gasteiger partial charge in [-0.2, -0.15) is 9.67 Å². The number of anilines is 2. The van der Waals surface area contributed by atoms with Gasteiger partial charge in [0.05, 0.1) is 52.4 Å². The number of aryl methyl sites for hydroxylation is 2. The molecule has 7 rings (SSSR count). The summed E-state index contributed by atoms with van der Waals surface area (Å²) in [5.74, 6) is 0.515. The van der Waals surface area contributed by atoms with Crippen molar-refractivity contribution >= 4 is 46.6 Å². The standard InChI is InChI=1S/C27H28N10O3.C8H10ClN/c1-4-21-23(33-7-9-34(10-8-33)26(40)22-24(39)17(2)29-15-30-22)18(3)37-27(36(21)11-12-38)31-25(32-37)19-5-6-35-16-28-14-20(35)13-19;1-6-3-4-8(10-2)7(9)5-6/h5-6,12-16,39H,3-4,7-11H2,1-2H3;3-5,10H,1-2H3. The van der Waals surface area contributed by atoms with Crippen LogP contribution >= 0.6 is 11.6 Å². The Morgan fingerprint density at radius 2 is 1.90 bits per heavy atom. The zero-order valence-electron chi connectivity index (χ0n) is 28.3. The maximum absolute atomic E-state index is 13.1. The quantitative estimate of drug-likeness (QED) is 0.229. The van der Waals surface area contributed by atoms with Crippen LogP contribution < -0.4 is 10.2 Å². The maximum atomic E-state index is 13.1. The number of rotatable bonds is 7. The van der Waals surface area contributed by atoms with E-state index in [9.17, 15) is 14.7 Å². The van der Waals surface area contributed by atoms with Crippen molar-refractivity contribution in [1.82, 2.24) is 43.9 Å². The molecule has 4 aromatic heterocycles. The normalized spacial score (nSPS) is 14.4. The lowest BCUT2D eigenvalue weighted by Gasteiger charge is -2.42. The number of pyridine rings is 1. The zero-order chi connectivity index (χ0) is 35.5. The molecule has 258 valence electrons. The molecule has 15 heteroatoms. The lowest BCUT2D eigenvalue weighted by Crippen LogP contribution is -2.50. The molecule has 5 aromatic rings. The van der Waals surface area contributed by atoms with Gasteiger partial charge in [0.2, 0.25) is 5.95 Å². The van der Waals surface area contributed by atoms with E-state index in [2.05, 4.69) is 31.7 Å². The van der Waals surface area contributed by atoms with E-state index in [-0.39, 0.29) is 23.9 Å². The Labute approximate surface area is 294 Å². The highest BCUT2D eigenvalue weighted by molar-refractivity contribution is 6.33. The van der Waals surface area contributed by atoms with Crippen molar-refractivity contribution in [3.8, 4) is 17.1 Å². The molecule has 1 saturated heterocycles. The molecule has 50 heavy (non-hydrogen) atoms. The van der Waals surface area contributed by atoms with Crippen LogP contribution in [0, 0.1) is 13.8 Å². The van der Waals surface area contributed by atoms with Crippen LogP contribution in [-0.2, 0) is 4.79 Å². The summed E-state index contributed by atoms with van der Waals surface area (Å²) < 4.78 is 3.59. The zero-order valence-corrected chi connectivity index (χ0v) is 29.1. The number of hydrogen-bond donors (Lipinski definition) is 2. The second kappa shape index (κ2) is 14.4. The van der Waals surface area contributed by atoms with E-state index >= 15 is 0 Å². The molecular weight excluding hydrogens is 658 g/mol. The number of piperazine rings is 1. The van der Waals surface area contributed by atoms with Gasteiger partial charge in [0.1, 0.15) is 12.6 Å². The minimum Gasteiger partial charge on any atom is -0.504 e. The minimum atomic E-state index is -0.337. The number of aromatic hydroxyl groups is 1. The first-order valence-corrected chi connectivity index (χ1v) is 16.5. The van der Waals surface area contributed by atoms with Gasteiger partial charge in [-0.15, -0.1) is 5.10 Å². The van der Waals surface area contributed by atoms with E-state index in [0.717, 1.165) is 39.5 Å². The Morgan fingerprint density at radius 1 is 1.12 bits per heavy atom. The van der Waals surface area contributed by atoms with Crippen molar-refractivity contribution in [3.05, 3.63) is 95.3 Å². The average Bonchev–Trinajstić information content (AvgIpc) is 3.79. The van der Waals surface area contributed by atoms with E-state index < -0.39 is 0 Å². The summed E-state index contributed by atoms with van der Waals surface area (Å²) in [6.45, 7) is 12.1. The fourth-order valence-electron chi connectivity index (χ4n) is 6.07. The number of imidazole rings is 1. The molecule has 1 aromatic carbocycles. The van der Waals surface area contributed by atoms with Gasteiger partial charge in [-0.1, -0.05) is 31.2 Å². The van der Waals surface area contributed by atoms with E-state index in [0.29, 0.717) is 55.8 Å². The second-order valence-corrected chi connectivity index (χ2v) is 12.2. The number of fused-ring (bicyclic) bond motifs is 2. The lowest BCUT2D eigenvalue weighted by molar-refractivity contribution is -0.106. The van der Waals surface area contributed by atoms with Crippen LogP contribution in [0.1, 0.15) is 35.1 Å². The third-order valence-electron chi connectivity index (χ3n) is 8.71. The molecule has 2 N–H and O–H groups in total. The van der Waals surface area contributed by atoms with Gasteiger partial charge < -0.3 is 34.3 Å². The highest BCUT2D eigenvalue weighted by atomic mass is 35.5. The predicted octanol–water partition coefficient (Wildman–Crippen LogP) is 4.66. The Kier molecular flexibility index (Phi) is 9.81. The van der Waals surface area contributed by atoms with Crippen molar-refractivity contribution in [2.24, 2.45) is 0 Å². The monoisotopic (exact) mass is 695 g/mol. The SMILES string of the molecule is C=C1C(N2CCN(C(=O)c3ncnc(C)c3O)CC2)=C(CC)N(CC=O)c2nc(-c3ccn4cncc4c3)nn21.CNc1ccc(C)cc1Cl. The van der Waals surface area contributed by atoms with Crippen LogP contribution in [-0.4, -0.2) is 101 Å². The van der Waals surface area contributed by atoms with E-state index in [1.54, 1.807) is 29.0 Å². The van der Waals surface area contributed by atoms with Gasteiger partial charge in [-0.25, -0.2) is 15.0 Å². The van der Waals surface area contributed by atoms with Gasteiger partial charge >= 0.3 is 0 Å². The highest BCUT2D eigenvalue weighted by Crippen LogP contribution is 2.38. The Hall–Kier alpha value is -5.76. The third-order valence-corrected chi connectivity index (χ3v) is 9.02. The maximum Gasteiger partial charge on any atom is 0.276 e. The molecule has 0 atom stereocenters. The van der Waals surface area contributed by atoms with Crippen molar-refractivity contribution < 1.29 is 14.7 Å². The third kappa shape index (κ3) is 6.49. The summed E-state index contributed by atoms with van der Waals surface area (Å²) in [7, 11) is 1.86. The van der Waals surface area contributed by atoms with Crippen LogP contribution in [0.3, 0.4) is 0 Å². The van der Waals surface area contributed by atoms with Gasteiger partial charge in [-0.05, 0) is 50.1 Å². The molecule has 0 unspecified atom stereocenters. The number of allylic oxidation sites excluding steroid dienone is 2. The van der Waals surface area contributed by atoms with Crippen LogP contribution in [0.4, 0.5) is 11.6 Å². The molecule has 0 spiro atoms. The summed E-state index contributed by atoms with van der Waals surface area (Å²) in [5, 5.41) is 18.9.